The van der Waals surface area contributed by atoms with Gasteiger partial charge in [0.25, 0.3) is 0 Å². The van der Waals surface area contributed by atoms with E-state index in [2.05, 4.69) is 39.8 Å². The van der Waals surface area contributed by atoms with Gasteiger partial charge in [0.15, 0.2) is 0 Å². The van der Waals surface area contributed by atoms with E-state index in [4.69, 9.17) is 0 Å². The highest BCUT2D eigenvalue weighted by molar-refractivity contribution is 5.31. The van der Waals surface area contributed by atoms with Crippen molar-refractivity contribution >= 4 is 0 Å². The molecule has 7 atom stereocenters. The summed E-state index contributed by atoms with van der Waals surface area (Å²) in [6, 6.07) is 0. The monoisotopic (exact) mass is 344 g/mol. The first kappa shape index (κ1) is 17.8. The fourth-order valence-corrected chi connectivity index (χ4v) is 7.47. The van der Waals surface area contributed by atoms with Crippen LogP contribution in [0.25, 0.3) is 0 Å². The molecule has 0 bridgehead atoms. The maximum atomic E-state index is 11.3. The predicted molar refractivity (Wildman–Crippen MR) is 102 cm³/mol. The standard InChI is InChI=1S/C23H36O2/c1-5-15-8-10-18-17-9-7-16-13-23(25,6-2)12-11-21(16,3)20(17)19(24)14-22(15,18)4/h5,7,17-20,24-25H,6,8-14H2,1-4H3/b15-5-/t17-,18-,19-,20+,21-,22+,23-/m0/s1. The Hall–Kier alpha value is -0.600. The molecule has 0 radical (unpaired) electrons. The van der Waals surface area contributed by atoms with Crippen LogP contribution in [0.3, 0.4) is 0 Å². The molecule has 2 nitrogen and oxygen atoms in total. The minimum Gasteiger partial charge on any atom is -0.393 e. The number of rotatable bonds is 1. The van der Waals surface area contributed by atoms with E-state index in [-0.39, 0.29) is 16.9 Å². The molecule has 0 amide bonds. The highest BCUT2D eigenvalue weighted by Gasteiger charge is 2.60. The Bertz CT molecular complexity index is 620. The molecule has 2 heteroatoms. The van der Waals surface area contributed by atoms with Crippen LogP contribution in [0.5, 0.6) is 0 Å². The number of aliphatic hydroxyl groups is 2. The summed E-state index contributed by atoms with van der Waals surface area (Å²) >= 11 is 0. The molecule has 25 heavy (non-hydrogen) atoms. The van der Waals surface area contributed by atoms with Gasteiger partial charge in [0.2, 0.25) is 0 Å². The maximum absolute atomic E-state index is 11.3. The Balaban J connectivity index is 1.71. The molecular formula is C23H36O2. The van der Waals surface area contributed by atoms with Gasteiger partial charge in [0.05, 0.1) is 11.7 Å². The van der Waals surface area contributed by atoms with Crippen LogP contribution >= 0.6 is 0 Å². The molecular weight excluding hydrogens is 308 g/mol. The molecule has 0 aromatic carbocycles. The van der Waals surface area contributed by atoms with Gasteiger partial charge in [-0.1, -0.05) is 44.1 Å². The van der Waals surface area contributed by atoms with E-state index in [1.54, 1.807) is 5.57 Å². The topological polar surface area (TPSA) is 40.5 Å². The van der Waals surface area contributed by atoms with Gasteiger partial charge in [0.1, 0.15) is 0 Å². The Morgan fingerprint density at radius 1 is 1.24 bits per heavy atom. The minimum absolute atomic E-state index is 0.0870. The number of hydrogen-bond acceptors (Lipinski definition) is 2. The molecule has 4 aliphatic carbocycles. The highest BCUT2D eigenvalue weighted by Crippen LogP contribution is 2.66. The smallest absolute Gasteiger partial charge is 0.0682 e. The second-order valence-electron chi connectivity index (χ2n) is 9.97. The Labute approximate surface area is 153 Å². The molecule has 0 aliphatic heterocycles. The molecule has 2 N–H and O–H groups in total. The lowest BCUT2D eigenvalue weighted by molar-refractivity contribution is -0.117. The van der Waals surface area contributed by atoms with Crippen molar-refractivity contribution < 1.29 is 10.2 Å². The molecule has 4 aliphatic rings. The lowest BCUT2D eigenvalue weighted by atomic mass is 9.46. The van der Waals surface area contributed by atoms with E-state index in [0.29, 0.717) is 17.8 Å². The van der Waals surface area contributed by atoms with Crippen LogP contribution in [0.1, 0.15) is 79.1 Å². The van der Waals surface area contributed by atoms with Crippen molar-refractivity contribution in [3.8, 4) is 0 Å². The first-order chi connectivity index (χ1) is 11.8. The third kappa shape index (κ3) is 2.36. The van der Waals surface area contributed by atoms with Crippen LogP contribution in [0.2, 0.25) is 0 Å². The van der Waals surface area contributed by atoms with Crippen molar-refractivity contribution in [3.63, 3.8) is 0 Å². The summed E-state index contributed by atoms with van der Waals surface area (Å²) in [5.41, 5.74) is 2.80. The number of allylic oxidation sites excluding steroid dienone is 3. The summed E-state index contributed by atoms with van der Waals surface area (Å²) < 4.78 is 0. The molecule has 3 saturated carbocycles. The predicted octanol–water partition coefficient (Wildman–Crippen LogP) is 5.01. The summed E-state index contributed by atoms with van der Waals surface area (Å²) in [6.45, 7) is 9.08. The van der Waals surface area contributed by atoms with E-state index in [1.165, 1.54) is 18.4 Å². The molecule has 0 heterocycles. The molecule has 0 saturated heterocycles. The average molecular weight is 345 g/mol. The molecule has 140 valence electrons. The highest BCUT2D eigenvalue weighted by atomic mass is 16.3. The van der Waals surface area contributed by atoms with Crippen molar-refractivity contribution in [2.75, 3.05) is 0 Å². The zero-order valence-electron chi connectivity index (χ0n) is 16.5. The second kappa shape index (κ2) is 5.70. The van der Waals surface area contributed by atoms with Crippen LogP contribution in [0, 0.1) is 28.6 Å². The number of aliphatic hydroxyl groups excluding tert-OH is 1. The summed E-state index contributed by atoms with van der Waals surface area (Å²) in [6.07, 6.45) is 12.7. The van der Waals surface area contributed by atoms with Gasteiger partial charge in [-0.05, 0) is 86.9 Å². The number of hydrogen-bond donors (Lipinski definition) is 2. The molecule has 0 aromatic rings. The SMILES string of the molecule is C/C=C1/CC[C@H]2[C@@H]3CC=C4C[C@](O)(CC)CC[C@]4(C)[C@H]3[C@@H](O)C[C@]12C. The van der Waals surface area contributed by atoms with Gasteiger partial charge in [-0.3, -0.25) is 0 Å². The van der Waals surface area contributed by atoms with Crippen molar-refractivity contribution in [3.05, 3.63) is 23.3 Å². The lowest BCUT2D eigenvalue weighted by Gasteiger charge is -2.60. The van der Waals surface area contributed by atoms with Crippen LogP contribution in [0.15, 0.2) is 23.3 Å². The summed E-state index contributed by atoms with van der Waals surface area (Å²) in [7, 11) is 0. The minimum atomic E-state index is -0.516. The Morgan fingerprint density at radius 2 is 2.00 bits per heavy atom. The van der Waals surface area contributed by atoms with E-state index in [9.17, 15) is 10.2 Å². The van der Waals surface area contributed by atoms with Gasteiger partial charge in [-0.15, -0.1) is 0 Å². The molecule has 4 rings (SSSR count). The fraction of sp³-hybridized carbons (Fsp3) is 0.826. The lowest BCUT2D eigenvalue weighted by Crippen LogP contribution is -2.56. The van der Waals surface area contributed by atoms with E-state index >= 15 is 0 Å². The van der Waals surface area contributed by atoms with Crippen LogP contribution in [-0.2, 0) is 0 Å². The third-order valence-corrected chi connectivity index (χ3v) is 9.04. The normalized spacial score (nSPS) is 53.8. The zero-order valence-corrected chi connectivity index (χ0v) is 16.5. The quantitative estimate of drug-likeness (QED) is 0.657. The van der Waals surface area contributed by atoms with E-state index < -0.39 is 5.60 Å². The largest absolute Gasteiger partial charge is 0.393 e. The second-order valence-corrected chi connectivity index (χ2v) is 9.97. The van der Waals surface area contributed by atoms with Crippen LogP contribution in [0.4, 0.5) is 0 Å². The van der Waals surface area contributed by atoms with Crippen LogP contribution in [-0.4, -0.2) is 21.9 Å². The van der Waals surface area contributed by atoms with Gasteiger partial charge in [0, 0.05) is 0 Å². The van der Waals surface area contributed by atoms with Gasteiger partial charge in [-0.2, -0.15) is 0 Å². The first-order valence-electron chi connectivity index (χ1n) is 10.5. The molecule has 0 unspecified atom stereocenters. The summed E-state index contributed by atoms with van der Waals surface area (Å²) in [5, 5.41) is 22.1. The zero-order chi connectivity index (χ0) is 18.0. The fourth-order valence-electron chi connectivity index (χ4n) is 7.47. The van der Waals surface area contributed by atoms with Gasteiger partial charge >= 0.3 is 0 Å². The Kier molecular flexibility index (Phi) is 4.05. The maximum Gasteiger partial charge on any atom is 0.0682 e. The van der Waals surface area contributed by atoms with Gasteiger partial charge < -0.3 is 10.2 Å². The first-order valence-corrected chi connectivity index (χ1v) is 10.5. The van der Waals surface area contributed by atoms with Crippen molar-refractivity contribution in [2.24, 2.45) is 28.6 Å². The van der Waals surface area contributed by atoms with Crippen molar-refractivity contribution in [1.29, 1.82) is 0 Å². The summed E-state index contributed by atoms with van der Waals surface area (Å²) in [5.74, 6) is 1.70. The molecule has 3 fully saturated rings. The average Bonchev–Trinajstić information content (AvgIpc) is 2.91. The Morgan fingerprint density at radius 3 is 2.68 bits per heavy atom. The summed E-state index contributed by atoms with van der Waals surface area (Å²) in [4.78, 5) is 0. The van der Waals surface area contributed by atoms with Gasteiger partial charge in [-0.25, -0.2) is 0 Å². The van der Waals surface area contributed by atoms with Crippen molar-refractivity contribution in [1.82, 2.24) is 0 Å². The molecule has 0 spiro atoms. The van der Waals surface area contributed by atoms with Crippen molar-refractivity contribution in [2.45, 2.75) is 90.8 Å². The van der Waals surface area contributed by atoms with Crippen LogP contribution < -0.4 is 0 Å². The van der Waals surface area contributed by atoms with E-state index in [0.717, 1.165) is 38.5 Å². The third-order valence-electron chi connectivity index (χ3n) is 9.04. The molecule has 0 aromatic heterocycles. The van der Waals surface area contributed by atoms with E-state index in [1.807, 2.05) is 0 Å². The number of fused-ring (bicyclic) bond motifs is 5.